The Morgan fingerprint density at radius 3 is 2.72 bits per heavy atom. The molecular formula is C13H16FN3O. The fourth-order valence-corrected chi connectivity index (χ4v) is 1.70. The Labute approximate surface area is 105 Å². The van der Waals surface area contributed by atoms with E-state index in [4.69, 9.17) is 4.74 Å². The van der Waals surface area contributed by atoms with Gasteiger partial charge in [-0.2, -0.15) is 0 Å². The molecule has 4 nitrogen and oxygen atoms in total. The number of benzene rings is 1. The van der Waals surface area contributed by atoms with Crippen LogP contribution in [-0.2, 0) is 4.74 Å². The average Bonchev–Trinajstić information content (AvgIpc) is 2.72. The summed E-state index contributed by atoms with van der Waals surface area (Å²) >= 11 is 0. The van der Waals surface area contributed by atoms with E-state index < -0.39 is 0 Å². The van der Waals surface area contributed by atoms with Crippen LogP contribution in [0.15, 0.2) is 24.3 Å². The second-order valence-corrected chi connectivity index (χ2v) is 3.99. The molecule has 0 aliphatic carbocycles. The van der Waals surface area contributed by atoms with Gasteiger partial charge in [0.25, 0.3) is 0 Å². The molecule has 18 heavy (non-hydrogen) atoms. The molecule has 1 aromatic heterocycles. The summed E-state index contributed by atoms with van der Waals surface area (Å²) in [6.07, 6.45) is 0. The van der Waals surface area contributed by atoms with Gasteiger partial charge in [0.05, 0.1) is 12.3 Å². The first-order valence-corrected chi connectivity index (χ1v) is 5.76. The molecule has 0 fully saturated rings. The summed E-state index contributed by atoms with van der Waals surface area (Å²) in [5.41, 5.74) is 2.67. The number of nitrogens with zero attached hydrogens (tertiary/aromatic N) is 1. The highest BCUT2D eigenvalue weighted by Gasteiger charge is 2.08. The largest absolute Gasteiger partial charge is 0.383 e. The maximum atomic E-state index is 12.9. The molecular weight excluding hydrogens is 233 g/mol. The minimum Gasteiger partial charge on any atom is -0.383 e. The Hall–Kier alpha value is -1.88. The van der Waals surface area contributed by atoms with Crippen molar-refractivity contribution in [3.63, 3.8) is 0 Å². The zero-order valence-corrected chi connectivity index (χ0v) is 10.5. The number of anilines is 1. The Bertz CT molecular complexity index is 507. The van der Waals surface area contributed by atoms with Crippen LogP contribution in [0.1, 0.15) is 5.69 Å². The SMILES string of the molecule is COCCNc1nc(-c2ccc(F)cc2)c(C)[nH]1. The molecule has 0 spiro atoms. The van der Waals surface area contributed by atoms with Gasteiger partial charge in [-0.3, -0.25) is 0 Å². The van der Waals surface area contributed by atoms with Crippen LogP contribution in [0.5, 0.6) is 0 Å². The summed E-state index contributed by atoms with van der Waals surface area (Å²) in [6.45, 7) is 3.24. The number of rotatable bonds is 5. The molecule has 0 aliphatic heterocycles. The molecule has 1 heterocycles. The summed E-state index contributed by atoms with van der Waals surface area (Å²) in [7, 11) is 1.65. The third-order valence-electron chi connectivity index (χ3n) is 2.60. The average molecular weight is 249 g/mol. The monoisotopic (exact) mass is 249 g/mol. The normalized spacial score (nSPS) is 10.6. The van der Waals surface area contributed by atoms with Crippen molar-refractivity contribution in [2.45, 2.75) is 6.92 Å². The lowest BCUT2D eigenvalue weighted by molar-refractivity contribution is 0.210. The summed E-state index contributed by atoms with van der Waals surface area (Å²) in [5, 5.41) is 3.12. The molecule has 0 saturated carbocycles. The smallest absolute Gasteiger partial charge is 0.201 e. The van der Waals surface area contributed by atoms with Crippen LogP contribution in [-0.4, -0.2) is 30.2 Å². The zero-order chi connectivity index (χ0) is 13.0. The number of hydrogen-bond acceptors (Lipinski definition) is 3. The molecule has 2 rings (SSSR count). The quantitative estimate of drug-likeness (QED) is 0.801. The lowest BCUT2D eigenvalue weighted by atomic mass is 10.1. The van der Waals surface area contributed by atoms with Gasteiger partial charge >= 0.3 is 0 Å². The van der Waals surface area contributed by atoms with E-state index in [1.165, 1.54) is 12.1 Å². The molecule has 0 bridgehead atoms. The van der Waals surface area contributed by atoms with E-state index in [1.54, 1.807) is 19.2 Å². The predicted octanol–water partition coefficient (Wildman–Crippen LogP) is 2.58. The molecule has 0 radical (unpaired) electrons. The molecule has 1 aromatic carbocycles. The summed E-state index contributed by atoms with van der Waals surface area (Å²) in [5.74, 6) is 0.453. The van der Waals surface area contributed by atoms with E-state index in [1.807, 2.05) is 6.92 Å². The number of H-pyrrole nitrogens is 1. The fourth-order valence-electron chi connectivity index (χ4n) is 1.70. The van der Waals surface area contributed by atoms with Gasteiger partial charge in [-0.1, -0.05) is 0 Å². The first-order valence-electron chi connectivity index (χ1n) is 5.76. The molecule has 0 unspecified atom stereocenters. The van der Waals surface area contributed by atoms with Gasteiger partial charge in [-0.15, -0.1) is 0 Å². The molecule has 0 atom stereocenters. The van der Waals surface area contributed by atoms with Crippen LogP contribution in [0.4, 0.5) is 10.3 Å². The summed E-state index contributed by atoms with van der Waals surface area (Å²) in [4.78, 5) is 7.58. The van der Waals surface area contributed by atoms with Crippen LogP contribution in [0, 0.1) is 12.7 Å². The lowest BCUT2D eigenvalue weighted by Gasteiger charge is -2.00. The third kappa shape index (κ3) is 2.87. The van der Waals surface area contributed by atoms with Crippen molar-refractivity contribution in [1.29, 1.82) is 0 Å². The van der Waals surface area contributed by atoms with Crippen molar-refractivity contribution in [2.75, 3.05) is 25.6 Å². The van der Waals surface area contributed by atoms with Gasteiger partial charge in [0.15, 0.2) is 0 Å². The Balaban J connectivity index is 2.16. The highest BCUT2D eigenvalue weighted by Crippen LogP contribution is 2.22. The predicted molar refractivity (Wildman–Crippen MR) is 69.1 cm³/mol. The van der Waals surface area contributed by atoms with Crippen LogP contribution < -0.4 is 5.32 Å². The van der Waals surface area contributed by atoms with Crippen LogP contribution in [0.2, 0.25) is 0 Å². The number of nitrogens with one attached hydrogen (secondary N) is 2. The van der Waals surface area contributed by atoms with Gasteiger partial charge in [0.1, 0.15) is 5.82 Å². The molecule has 0 aliphatic rings. The number of methoxy groups -OCH3 is 1. The van der Waals surface area contributed by atoms with E-state index >= 15 is 0 Å². The van der Waals surface area contributed by atoms with Gasteiger partial charge in [0, 0.05) is 24.9 Å². The van der Waals surface area contributed by atoms with Crippen molar-refractivity contribution in [1.82, 2.24) is 9.97 Å². The van der Waals surface area contributed by atoms with E-state index in [0.717, 1.165) is 17.0 Å². The summed E-state index contributed by atoms with van der Waals surface area (Å²) < 4.78 is 17.8. The van der Waals surface area contributed by atoms with Crippen molar-refractivity contribution in [3.8, 4) is 11.3 Å². The number of imidazole rings is 1. The Kier molecular flexibility index (Phi) is 3.94. The maximum Gasteiger partial charge on any atom is 0.201 e. The molecule has 2 aromatic rings. The topological polar surface area (TPSA) is 49.9 Å². The second-order valence-electron chi connectivity index (χ2n) is 3.99. The maximum absolute atomic E-state index is 12.9. The van der Waals surface area contributed by atoms with Crippen molar-refractivity contribution >= 4 is 5.95 Å². The van der Waals surface area contributed by atoms with Gasteiger partial charge in [0.2, 0.25) is 5.95 Å². The van der Waals surface area contributed by atoms with Crippen molar-refractivity contribution < 1.29 is 9.13 Å². The molecule has 96 valence electrons. The molecule has 2 N–H and O–H groups in total. The van der Waals surface area contributed by atoms with Crippen molar-refractivity contribution in [2.24, 2.45) is 0 Å². The van der Waals surface area contributed by atoms with E-state index in [-0.39, 0.29) is 5.82 Å². The second kappa shape index (κ2) is 5.64. The van der Waals surface area contributed by atoms with Gasteiger partial charge in [-0.05, 0) is 31.2 Å². The minimum absolute atomic E-state index is 0.245. The minimum atomic E-state index is -0.245. The fraction of sp³-hybridized carbons (Fsp3) is 0.308. The van der Waals surface area contributed by atoms with Crippen LogP contribution >= 0.6 is 0 Å². The van der Waals surface area contributed by atoms with Gasteiger partial charge < -0.3 is 15.0 Å². The van der Waals surface area contributed by atoms with Crippen LogP contribution in [0.3, 0.4) is 0 Å². The Morgan fingerprint density at radius 2 is 2.06 bits per heavy atom. The first kappa shape index (κ1) is 12.6. The van der Waals surface area contributed by atoms with E-state index in [9.17, 15) is 4.39 Å². The number of aryl methyl sites for hydroxylation is 1. The van der Waals surface area contributed by atoms with Crippen LogP contribution in [0.25, 0.3) is 11.3 Å². The number of aromatic nitrogens is 2. The number of hydrogen-bond donors (Lipinski definition) is 2. The number of halogens is 1. The Morgan fingerprint density at radius 1 is 1.33 bits per heavy atom. The number of ether oxygens (including phenoxy) is 1. The third-order valence-corrected chi connectivity index (χ3v) is 2.60. The molecule has 0 amide bonds. The molecule has 5 heteroatoms. The highest BCUT2D eigenvalue weighted by atomic mass is 19.1. The van der Waals surface area contributed by atoms with E-state index in [2.05, 4.69) is 15.3 Å². The molecule has 0 saturated heterocycles. The van der Waals surface area contributed by atoms with Gasteiger partial charge in [-0.25, -0.2) is 9.37 Å². The van der Waals surface area contributed by atoms with Crippen molar-refractivity contribution in [3.05, 3.63) is 35.8 Å². The highest BCUT2D eigenvalue weighted by molar-refractivity contribution is 5.63. The number of aromatic amines is 1. The summed E-state index contributed by atoms with van der Waals surface area (Å²) in [6, 6.07) is 6.30. The lowest BCUT2D eigenvalue weighted by Crippen LogP contribution is -2.08. The van der Waals surface area contributed by atoms with E-state index in [0.29, 0.717) is 19.1 Å². The first-order chi connectivity index (χ1) is 8.70. The standard InChI is InChI=1S/C13H16FN3O/c1-9-12(10-3-5-11(14)6-4-10)17-13(16-9)15-7-8-18-2/h3-6H,7-8H2,1-2H3,(H2,15,16,17). The zero-order valence-electron chi connectivity index (χ0n) is 10.5.